The molecule has 7 nitrogen and oxygen atoms in total. The van der Waals surface area contributed by atoms with Crippen molar-refractivity contribution in [1.82, 2.24) is 25.1 Å². The van der Waals surface area contributed by atoms with Crippen molar-refractivity contribution in [2.45, 2.75) is 37.9 Å². The molecule has 0 amide bonds. The molecule has 1 fully saturated rings. The number of hydrogen-bond donors (Lipinski definition) is 3. The molecule has 0 radical (unpaired) electrons. The number of alkyl halides is 3. The highest BCUT2D eigenvalue weighted by atomic mass is 19.4. The van der Waals surface area contributed by atoms with E-state index in [1.807, 2.05) is 43.5 Å². The van der Waals surface area contributed by atoms with Gasteiger partial charge in [0, 0.05) is 35.5 Å². The van der Waals surface area contributed by atoms with Gasteiger partial charge in [0.1, 0.15) is 5.82 Å². The number of benzene rings is 1. The van der Waals surface area contributed by atoms with Gasteiger partial charge < -0.3 is 10.7 Å². The molecule has 31 heavy (non-hydrogen) atoms. The number of rotatable bonds is 5. The van der Waals surface area contributed by atoms with Crippen LogP contribution in [0.3, 0.4) is 0 Å². The van der Waals surface area contributed by atoms with Gasteiger partial charge in [0.25, 0.3) is 0 Å². The largest absolute Gasteiger partial charge is 0.433 e. The van der Waals surface area contributed by atoms with E-state index < -0.39 is 17.9 Å². The average Bonchev–Trinajstić information content (AvgIpc) is 3.27. The second kappa shape index (κ2) is 7.00. The zero-order valence-corrected chi connectivity index (χ0v) is 16.6. The Balaban J connectivity index is 1.62. The van der Waals surface area contributed by atoms with Crippen LogP contribution in [-0.4, -0.2) is 25.1 Å². The number of H-pyrrole nitrogens is 2. The molecule has 1 aliphatic rings. The van der Waals surface area contributed by atoms with Crippen LogP contribution in [0.4, 0.5) is 30.8 Å². The van der Waals surface area contributed by atoms with E-state index in [1.54, 1.807) is 4.90 Å². The summed E-state index contributed by atoms with van der Waals surface area (Å²) in [5.74, 6) is 0.445. The van der Waals surface area contributed by atoms with Gasteiger partial charge >= 0.3 is 6.18 Å². The van der Waals surface area contributed by atoms with Crippen LogP contribution >= 0.6 is 0 Å². The number of aromatic amines is 2. The van der Waals surface area contributed by atoms with Crippen molar-refractivity contribution in [3.05, 3.63) is 59.5 Å². The van der Waals surface area contributed by atoms with Crippen molar-refractivity contribution in [3.63, 3.8) is 0 Å². The van der Waals surface area contributed by atoms with E-state index >= 15 is 0 Å². The third-order valence-corrected chi connectivity index (χ3v) is 5.54. The maximum absolute atomic E-state index is 13.4. The molecule has 4 aromatic rings. The van der Waals surface area contributed by atoms with E-state index in [0.29, 0.717) is 11.7 Å². The molecule has 0 bridgehead atoms. The van der Waals surface area contributed by atoms with Crippen LogP contribution in [0.5, 0.6) is 0 Å². The fourth-order valence-corrected chi connectivity index (χ4v) is 3.71. The SMILES string of the molecule is CC(c1ccc2[nH]ccc2c1)N(c1cc(C2CC2)[nH]n1)c1nc(N)cc(C(F)(F)F)n1. The third kappa shape index (κ3) is 3.69. The van der Waals surface area contributed by atoms with E-state index in [9.17, 15) is 13.2 Å². The molecule has 1 unspecified atom stereocenters. The first-order valence-electron chi connectivity index (χ1n) is 9.93. The lowest BCUT2D eigenvalue weighted by molar-refractivity contribution is -0.141. The number of aromatic nitrogens is 5. The predicted octanol–water partition coefficient (Wildman–Crippen LogP) is 5.06. The van der Waals surface area contributed by atoms with Gasteiger partial charge in [-0.05, 0) is 48.9 Å². The predicted molar refractivity (Wildman–Crippen MR) is 111 cm³/mol. The van der Waals surface area contributed by atoms with Gasteiger partial charge in [0.2, 0.25) is 5.95 Å². The Bertz CT molecular complexity index is 1240. The van der Waals surface area contributed by atoms with E-state index in [0.717, 1.165) is 41.1 Å². The van der Waals surface area contributed by atoms with Crippen molar-refractivity contribution in [3.8, 4) is 0 Å². The van der Waals surface area contributed by atoms with Crippen LogP contribution in [0.25, 0.3) is 10.9 Å². The number of nitrogen functional groups attached to an aromatic ring is 1. The molecular weight excluding hydrogens is 407 g/mol. The molecule has 1 atom stereocenters. The minimum atomic E-state index is -4.64. The molecule has 10 heteroatoms. The van der Waals surface area contributed by atoms with E-state index in [2.05, 4.69) is 25.1 Å². The fourth-order valence-electron chi connectivity index (χ4n) is 3.71. The van der Waals surface area contributed by atoms with Crippen LogP contribution in [0.2, 0.25) is 0 Å². The Morgan fingerprint density at radius 2 is 1.94 bits per heavy atom. The Morgan fingerprint density at radius 1 is 1.13 bits per heavy atom. The summed E-state index contributed by atoms with van der Waals surface area (Å²) in [5, 5.41) is 8.37. The van der Waals surface area contributed by atoms with Gasteiger partial charge in [-0.25, -0.2) is 4.98 Å². The van der Waals surface area contributed by atoms with Gasteiger partial charge in [0.15, 0.2) is 11.5 Å². The van der Waals surface area contributed by atoms with Gasteiger partial charge in [-0.2, -0.15) is 23.3 Å². The maximum atomic E-state index is 13.4. The number of hydrogen-bond acceptors (Lipinski definition) is 5. The number of nitrogens with two attached hydrogens (primary N) is 1. The van der Waals surface area contributed by atoms with Crippen molar-refractivity contribution >= 4 is 28.5 Å². The van der Waals surface area contributed by atoms with Crippen molar-refractivity contribution in [1.29, 1.82) is 0 Å². The molecule has 0 aliphatic heterocycles. The van der Waals surface area contributed by atoms with E-state index in [1.165, 1.54) is 0 Å². The first kappa shape index (κ1) is 19.4. The normalized spacial score (nSPS) is 15.4. The lowest BCUT2D eigenvalue weighted by Gasteiger charge is -2.28. The summed E-state index contributed by atoms with van der Waals surface area (Å²) < 4.78 is 40.2. The highest BCUT2D eigenvalue weighted by Gasteiger charge is 2.35. The summed E-state index contributed by atoms with van der Waals surface area (Å²) in [6.07, 6.45) is -0.679. The van der Waals surface area contributed by atoms with Crippen LogP contribution in [-0.2, 0) is 6.18 Å². The quantitative estimate of drug-likeness (QED) is 0.413. The summed E-state index contributed by atoms with van der Waals surface area (Å²) in [7, 11) is 0. The summed E-state index contributed by atoms with van der Waals surface area (Å²) in [4.78, 5) is 12.6. The maximum Gasteiger partial charge on any atom is 0.433 e. The minimum absolute atomic E-state index is 0.150. The number of nitrogens with zero attached hydrogens (tertiary/aromatic N) is 4. The Morgan fingerprint density at radius 3 is 2.68 bits per heavy atom. The topological polar surface area (TPSA) is 99.5 Å². The Labute approximate surface area is 175 Å². The number of nitrogens with one attached hydrogen (secondary N) is 2. The van der Waals surface area contributed by atoms with Gasteiger partial charge in [-0.3, -0.25) is 10.00 Å². The molecule has 4 N–H and O–H groups in total. The number of anilines is 3. The van der Waals surface area contributed by atoms with Crippen LogP contribution in [0, 0.1) is 0 Å². The fraction of sp³-hybridized carbons (Fsp3) is 0.286. The van der Waals surface area contributed by atoms with Crippen molar-refractivity contribution in [2.75, 3.05) is 10.6 Å². The summed E-state index contributed by atoms with van der Waals surface area (Å²) in [6.45, 7) is 1.87. The molecule has 5 rings (SSSR count). The van der Waals surface area contributed by atoms with Gasteiger partial charge in [-0.1, -0.05) is 6.07 Å². The zero-order valence-electron chi connectivity index (χ0n) is 16.6. The second-order valence-corrected chi connectivity index (χ2v) is 7.80. The molecule has 0 saturated heterocycles. The molecule has 1 aliphatic carbocycles. The van der Waals surface area contributed by atoms with Gasteiger partial charge in [0.05, 0.1) is 6.04 Å². The average molecular weight is 427 g/mol. The molecule has 3 aromatic heterocycles. The van der Waals surface area contributed by atoms with Crippen molar-refractivity contribution < 1.29 is 13.2 Å². The second-order valence-electron chi connectivity index (χ2n) is 7.80. The summed E-state index contributed by atoms with van der Waals surface area (Å²) in [6, 6.07) is 9.95. The molecule has 1 saturated carbocycles. The lowest BCUT2D eigenvalue weighted by Crippen LogP contribution is -2.25. The zero-order chi connectivity index (χ0) is 21.8. The highest BCUT2D eigenvalue weighted by molar-refractivity contribution is 5.80. The Hall–Kier alpha value is -3.56. The third-order valence-electron chi connectivity index (χ3n) is 5.54. The smallest absolute Gasteiger partial charge is 0.384 e. The first-order chi connectivity index (χ1) is 14.8. The van der Waals surface area contributed by atoms with Crippen LogP contribution < -0.4 is 10.6 Å². The van der Waals surface area contributed by atoms with E-state index in [-0.39, 0.29) is 11.8 Å². The molecule has 3 heterocycles. The molecule has 1 aromatic carbocycles. The highest BCUT2D eigenvalue weighted by Crippen LogP contribution is 2.42. The minimum Gasteiger partial charge on any atom is -0.384 e. The van der Waals surface area contributed by atoms with Crippen molar-refractivity contribution in [2.24, 2.45) is 0 Å². The Kier molecular flexibility index (Phi) is 4.38. The van der Waals surface area contributed by atoms with Crippen LogP contribution in [0.15, 0.2) is 42.6 Å². The lowest BCUT2D eigenvalue weighted by atomic mass is 10.0. The monoisotopic (exact) mass is 427 g/mol. The summed E-state index contributed by atoms with van der Waals surface area (Å²) >= 11 is 0. The molecule has 0 spiro atoms. The standard InChI is InChI=1S/C21H20F3N7/c1-11(13-4-5-15-14(8-13)6-7-26-15)31(19-9-16(29-30-19)12-2-3-12)20-27-17(21(22,23)24)10-18(25)28-20/h4-12,26H,2-3H2,1H3,(H,29,30)(H2,25,27,28). The van der Waals surface area contributed by atoms with Crippen LogP contribution in [0.1, 0.15) is 48.7 Å². The van der Waals surface area contributed by atoms with E-state index in [4.69, 9.17) is 5.73 Å². The molecule has 160 valence electrons. The van der Waals surface area contributed by atoms with Gasteiger partial charge in [-0.15, -0.1) is 0 Å². The number of fused-ring (bicyclic) bond motifs is 1. The number of halogens is 3. The summed E-state index contributed by atoms with van der Waals surface area (Å²) in [5.41, 5.74) is 7.43. The molecular formula is C21H20F3N7. The first-order valence-corrected chi connectivity index (χ1v) is 9.93.